The normalized spacial score (nSPS) is 27.1. The zero-order chi connectivity index (χ0) is 13.9. The summed E-state index contributed by atoms with van der Waals surface area (Å²) in [7, 11) is 0. The molecule has 1 aromatic carbocycles. The van der Waals surface area contributed by atoms with E-state index in [2.05, 4.69) is 36.2 Å². The number of benzene rings is 1. The Bertz CT molecular complexity index is 464. The van der Waals surface area contributed by atoms with Crippen LogP contribution in [0.2, 0.25) is 0 Å². The summed E-state index contributed by atoms with van der Waals surface area (Å²) < 4.78 is 11.7. The molecule has 2 aliphatic heterocycles. The fourth-order valence-electron chi connectivity index (χ4n) is 2.91. The van der Waals surface area contributed by atoms with Crippen molar-refractivity contribution in [2.75, 3.05) is 26.3 Å². The van der Waals surface area contributed by atoms with E-state index in [1.807, 2.05) is 6.07 Å². The summed E-state index contributed by atoms with van der Waals surface area (Å²) in [5.41, 5.74) is 1.24. The van der Waals surface area contributed by atoms with Gasteiger partial charge in [-0.25, -0.2) is 0 Å². The molecule has 2 heterocycles. The van der Waals surface area contributed by atoms with Gasteiger partial charge >= 0.3 is 0 Å². The first-order chi connectivity index (χ1) is 9.74. The van der Waals surface area contributed by atoms with Crippen LogP contribution in [0.4, 0.5) is 0 Å². The van der Waals surface area contributed by atoms with Crippen LogP contribution in [0.25, 0.3) is 0 Å². The van der Waals surface area contributed by atoms with Gasteiger partial charge in [-0.3, -0.25) is 4.90 Å². The molecule has 0 aliphatic carbocycles. The van der Waals surface area contributed by atoms with Gasteiger partial charge in [0.25, 0.3) is 0 Å². The molecule has 4 nitrogen and oxygen atoms in total. The first kappa shape index (κ1) is 13.7. The van der Waals surface area contributed by atoms with Crippen LogP contribution in [0.1, 0.15) is 25.8 Å². The summed E-state index contributed by atoms with van der Waals surface area (Å²) in [6.45, 7) is 9.07. The summed E-state index contributed by atoms with van der Waals surface area (Å²) in [6, 6.07) is 7.33. The molecule has 0 spiro atoms. The number of hydrogen-bond donors (Lipinski definition) is 1. The zero-order valence-corrected chi connectivity index (χ0v) is 12.4. The van der Waals surface area contributed by atoms with E-state index in [0.717, 1.165) is 50.8 Å². The van der Waals surface area contributed by atoms with Crippen molar-refractivity contribution in [2.24, 2.45) is 0 Å². The predicted molar refractivity (Wildman–Crippen MR) is 79.4 cm³/mol. The van der Waals surface area contributed by atoms with Gasteiger partial charge in [-0.1, -0.05) is 12.1 Å². The molecule has 1 fully saturated rings. The molecular weight excluding hydrogens is 252 g/mol. The van der Waals surface area contributed by atoms with Crippen LogP contribution in [-0.4, -0.2) is 43.3 Å². The van der Waals surface area contributed by atoms with Crippen LogP contribution in [0.5, 0.6) is 11.5 Å². The highest BCUT2D eigenvalue weighted by Crippen LogP contribution is 2.34. The van der Waals surface area contributed by atoms with Gasteiger partial charge in [-0.2, -0.15) is 0 Å². The fraction of sp³-hybridized carbons (Fsp3) is 0.625. The van der Waals surface area contributed by atoms with Crippen LogP contribution in [0.3, 0.4) is 0 Å². The predicted octanol–water partition coefficient (Wildman–Crippen LogP) is 2.03. The van der Waals surface area contributed by atoms with E-state index in [4.69, 9.17) is 9.47 Å². The number of hydrogen-bond acceptors (Lipinski definition) is 4. The van der Waals surface area contributed by atoms with Crippen molar-refractivity contribution in [1.82, 2.24) is 10.2 Å². The van der Waals surface area contributed by atoms with Gasteiger partial charge in [0.15, 0.2) is 11.5 Å². The Balaban J connectivity index is 1.80. The van der Waals surface area contributed by atoms with Crippen LogP contribution in [0.15, 0.2) is 18.2 Å². The first-order valence-electron chi connectivity index (χ1n) is 7.59. The number of para-hydroxylation sites is 1. The second kappa shape index (κ2) is 6.02. The summed E-state index contributed by atoms with van der Waals surface area (Å²) in [6.07, 6.45) is 0.954. The summed E-state index contributed by atoms with van der Waals surface area (Å²) in [4.78, 5) is 2.52. The fourth-order valence-corrected chi connectivity index (χ4v) is 2.91. The van der Waals surface area contributed by atoms with E-state index in [1.165, 1.54) is 5.56 Å². The largest absolute Gasteiger partial charge is 0.490 e. The maximum absolute atomic E-state index is 5.92. The molecule has 20 heavy (non-hydrogen) atoms. The van der Waals surface area contributed by atoms with Crippen LogP contribution in [0, 0.1) is 0 Å². The summed E-state index contributed by atoms with van der Waals surface area (Å²) >= 11 is 0. The molecule has 2 atom stereocenters. The molecule has 1 saturated heterocycles. The van der Waals surface area contributed by atoms with Gasteiger partial charge in [-0.15, -0.1) is 0 Å². The average molecular weight is 276 g/mol. The van der Waals surface area contributed by atoms with E-state index in [9.17, 15) is 0 Å². The van der Waals surface area contributed by atoms with Gasteiger partial charge in [-0.05, 0) is 19.9 Å². The summed E-state index contributed by atoms with van der Waals surface area (Å²) in [5, 5.41) is 3.52. The molecule has 0 saturated carbocycles. The first-order valence-corrected chi connectivity index (χ1v) is 7.59. The van der Waals surface area contributed by atoms with Crippen molar-refractivity contribution in [2.45, 2.75) is 38.9 Å². The third-order valence-electron chi connectivity index (χ3n) is 4.12. The smallest absolute Gasteiger partial charge is 0.165 e. The van der Waals surface area contributed by atoms with Crippen molar-refractivity contribution in [1.29, 1.82) is 0 Å². The van der Waals surface area contributed by atoms with Gasteiger partial charge < -0.3 is 14.8 Å². The van der Waals surface area contributed by atoms with Crippen molar-refractivity contribution < 1.29 is 9.47 Å². The molecule has 0 radical (unpaired) electrons. The maximum Gasteiger partial charge on any atom is 0.165 e. The zero-order valence-electron chi connectivity index (χ0n) is 12.4. The number of fused-ring (bicyclic) bond motifs is 1. The second-order valence-corrected chi connectivity index (χ2v) is 5.88. The number of nitrogens with zero attached hydrogens (tertiary/aromatic N) is 1. The third kappa shape index (κ3) is 2.91. The van der Waals surface area contributed by atoms with Crippen molar-refractivity contribution in [3.05, 3.63) is 23.8 Å². The van der Waals surface area contributed by atoms with E-state index >= 15 is 0 Å². The van der Waals surface area contributed by atoms with Gasteiger partial charge in [0, 0.05) is 43.7 Å². The Kier molecular flexibility index (Phi) is 4.13. The minimum absolute atomic E-state index is 0.547. The molecule has 0 aromatic heterocycles. The molecule has 3 rings (SSSR count). The van der Waals surface area contributed by atoms with E-state index in [0.29, 0.717) is 12.1 Å². The van der Waals surface area contributed by atoms with E-state index in [-0.39, 0.29) is 0 Å². The van der Waals surface area contributed by atoms with Crippen molar-refractivity contribution in [3.8, 4) is 11.5 Å². The van der Waals surface area contributed by atoms with E-state index < -0.39 is 0 Å². The Hall–Kier alpha value is -1.26. The lowest BCUT2D eigenvalue weighted by atomic mass is 10.1. The molecule has 4 heteroatoms. The number of piperazine rings is 1. The van der Waals surface area contributed by atoms with Crippen LogP contribution >= 0.6 is 0 Å². The molecule has 0 bridgehead atoms. The lowest BCUT2D eigenvalue weighted by Gasteiger charge is -2.37. The lowest BCUT2D eigenvalue weighted by molar-refractivity contribution is 0.137. The minimum atomic E-state index is 0.547. The quantitative estimate of drug-likeness (QED) is 0.896. The molecule has 1 aromatic rings. The Morgan fingerprint density at radius 2 is 2.10 bits per heavy atom. The molecule has 2 unspecified atom stereocenters. The van der Waals surface area contributed by atoms with Crippen molar-refractivity contribution in [3.63, 3.8) is 0 Å². The average Bonchev–Trinajstić information content (AvgIpc) is 2.69. The van der Waals surface area contributed by atoms with Crippen LogP contribution in [-0.2, 0) is 6.54 Å². The summed E-state index contributed by atoms with van der Waals surface area (Å²) in [5.74, 6) is 1.85. The van der Waals surface area contributed by atoms with Crippen LogP contribution < -0.4 is 14.8 Å². The monoisotopic (exact) mass is 276 g/mol. The lowest BCUT2D eigenvalue weighted by Crippen LogP contribution is -2.53. The SMILES string of the molecule is CC1CN(Cc2cccc3c2OCCCO3)C(C)CN1. The topological polar surface area (TPSA) is 33.7 Å². The maximum atomic E-state index is 5.92. The van der Waals surface area contributed by atoms with Crippen molar-refractivity contribution >= 4 is 0 Å². The molecular formula is C16H24N2O2. The standard InChI is InChI=1S/C16H24N2O2/c1-12-10-18(13(2)9-17-12)11-14-5-3-6-15-16(14)20-8-4-7-19-15/h3,5-6,12-13,17H,4,7-11H2,1-2H3. The number of nitrogens with one attached hydrogen (secondary N) is 1. The Morgan fingerprint density at radius 3 is 3.00 bits per heavy atom. The molecule has 2 aliphatic rings. The van der Waals surface area contributed by atoms with E-state index in [1.54, 1.807) is 0 Å². The number of rotatable bonds is 2. The van der Waals surface area contributed by atoms with Gasteiger partial charge in [0.05, 0.1) is 13.2 Å². The molecule has 1 N–H and O–H groups in total. The molecule has 0 amide bonds. The third-order valence-corrected chi connectivity index (χ3v) is 4.12. The van der Waals surface area contributed by atoms with Gasteiger partial charge in [0.1, 0.15) is 0 Å². The second-order valence-electron chi connectivity index (χ2n) is 5.88. The highest BCUT2D eigenvalue weighted by atomic mass is 16.5. The number of ether oxygens (including phenoxy) is 2. The minimum Gasteiger partial charge on any atom is -0.490 e. The molecule has 110 valence electrons. The highest BCUT2D eigenvalue weighted by Gasteiger charge is 2.24. The highest BCUT2D eigenvalue weighted by molar-refractivity contribution is 5.47. The van der Waals surface area contributed by atoms with Gasteiger partial charge in [0.2, 0.25) is 0 Å². The Labute approximate surface area is 121 Å². The Morgan fingerprint density at radius 1 is 1.25 bits per heavy atom.